The van der Waals surface area contributed by atoms with Crippen molar-refractivity contribution < 1.29 is 22.6 Å². The second kappa shape index (κ2) is 10.4. The van der Waals surface area contributed by atoms with E-state index in [-0.39, 0.29) is 0 Å². The third-order valence-corrected chi connectivity index (χ3v) is 7.07. The van der Waals surface area contributed by atoms with E-state index in [4.69, 9.17) is 9.47 Å². The summed E-state index contributed by atoms with van der Waals surface area (Å²) in [6.45, 7) is 5.24. The lowest BCUT2D eigenvalue weighted by Crippen LogP contribution is -2.38. The third-order valence-electron chi connectivity index (χ3n) is 5.97. The first-order valence-electron chi connectivity index (χ1n) is 11.4. The number of halogens is 3. The molecule has 0 radical (unpaired) electrons. The molecule has 0 bridgehead atoms. The van der Waals surface area contributed by atoms with Crippen LogP contribution in [0.4, 0.5) is 18.9 Å². The number of fused-ring (bicyclic) bond motifs is 1. The van der Waals surface area contributed by atoms with E-state index in [1.54, 1.807) is 30.2 Å². The summed E-state index contributed by atoms with van der Waals surface area (Å²) in [5.41, 5.74) is 1.81. The molecule has 0 unspecified atom stereocenters. The number of benzene rings is 2. The number of hydrogen-bond donors (Lipinski definition) is 0. The fourth-order valence-corrected chi connectivity index (χ4v) is 5.12. The van der Waals surface area contributed by atoms with Gasteiger partial charge in [0, 0.05) is 36.6 Å². The molecule has 184 valence electrons. The molecule has 0 amide bonds. The molecule has 35 heavy (non-hydrogen) atoms. The van der Waals surface area contributed by atoms with Crippen molar-refractivity contribution in [1.29, 1.82) is 0 Å². The van der Waals surface area contributed by atoms with Crippen molar-refractivity contribution in [2.45, 2.75) is 17.6 Å². The molecule has 1 saturated heterocycles. The van der Waals surface area contributed by atoms with E-state index in [2.05, 4.69) is 14.9 Å². The highest BCUT2D eigenvalue weighted by Gasteiger charge is 2.32. The number of anilines is 1. The molecule has 5 rings (SSSR count). The minimum Gasteiger partial charge on any atom is -0.489 e. The SMILES string of the molecule is FC(F)(F)c1ccc2c(c1)N(Cc1cccc(-c3ncc(OCCN4CCOCC4)cn3)c1)CS2. The lowest BCUT2D eigenvalue weighted by molar-refractivity contribution is -0.137. The molecule has 0 atom stereocenters. The smallest absolute Gasteiger partial charge is 0.416 e. The number of nitrogens with zero attached hydrogens (tertiary/aromatic N) is 4. The van der Waals surface area contributed by atoms with E-state index in [0.717, 1.165) is 54.9 Å². The monoisotopic (exact) mass is 502 g/mol. The Labute approximate surface area is 206 Å². The van der Waals surface area contributed by atoms with Gasteiger partial charge in [0.05, 0.1) is 42.7 Å². The molecular weight excluding hydrogens is 477 g/mol. The van der Waals surface area contributed by atoms with Crippen molar-refractivity contribution in [2.75, 3.05) is 50.2 Å². The Balaban J connectivity index is 1.22. The summed E-state index contributed by atoms with van der Waals surface area (Å²) in [6, 6.07) is 11.7. The summed E-state index contributed by atoms with van der Waals surface area (Å²) in [7, 11) is 0. The highest BCUT2D eigenvalue weighted by atomic mass is 32.2. The third kappa shape index (κ3) is 5.88. The summed E-state index contributed by atoms with van der Waals surface area (Å²) in [5.74, 6) is 1.79. The van der Waals surface area contributed by atoms with Gasteiger partial charge in [-0.05, 0) is 29.8 Å². The second-order valence-corrected chi connectivity index (χ2v) is 9.38. The van der Waals surface area contributed by atoms with Gasteiger partial charge in [0.25, 0.3) is 0 Å². The largest absolute Gasteiger partial charge is 0.489 e. The molecule has 0 saturated carbocycles. The second-order valence-electron chi connectivity index (χ2n) is 8.40. The van der Waals surface area contributed by atoms with Crippen LogP contribution in [-0.2, 0) is 17.5 Å². The lowest BCUT2D eigenvalue weighted by Gasteiger charge is -2.26. The van der Waals surface area contributed by atoms with Crippen molar-refractivity contribution in [1.82, 2.24) is 14.9 Å². The summed E-state index contributed by atoms with van der Waals surface area (Å²) < 4.78 is 50.7. The van der Waals surface area contributed by atoms with E-state index in [1.807, 2.05) is 29.2 Å². The van der Waals surface area contributed by atoms with Crippen molar-refractivity contribution in [3.05, 3.63) is 66.0 Å². The van der Waals surface area contributed by atoms with E-state index >= 15 is 0 Å². The molecule has 2 aromatic carbocycles. The molecule has 2 aliphatic heterocycles. The number of hydrogen-bond acceptors (Lipinski definition) is 7. The van der Waals surface area contributed by atoms with Crippen LogP contribution in [0.5, 0.6) is 5.75 Å². The van der Waals surface area contributed by atoms with E-state index < -0.39 is 11.7 Å². The first kappa shape index (κ1) is 23.9. The Morgan fingerprint density at radius 1 is 1.03 bits per heavy atom. The Bertz CT molecular complexity index is 1150. The molecule has 0 aliphatic carbocycles. The van der Waals surface area contributed by atoms with Gasteiger partial charge in [-0.2, -0.15) is 13.2 Å². The highest BCUT2D eigenvalue weighted by Crippen LogP contribution is 2.42. The summed E-state index contributed by atoms with van der Waals surface area (Å²) in [5, 5.41) is 0. The minimum atomic E-state index is -4.36. The van der Waals surface area contributed by atoms with Crippen LogP contribution in [0.1, 0.15) is 11.1 Å². The topological polar surface area (TPSA) is 50.7 Å². The van der Waals surface area contributed by atoms with E-state index in [9.17, 15) is 13.2 Å². The van der Waals surface area contributed by atoms with Gasteiger partial charge in [-0.25, -0.2) is 9.97 Å². The van der Waals surface area contributed by atoms with Gasteiger partial charge in [-0.15, -0.1) is 11.8 Å². The van der Waals surface area contributed by atoms with E-state index in [1.165, 1.54) is 6.07 Å². The predicted octanol–water partition coefficient (Wildman–Crippen LogP) is 4.94. The number of thioether (sulfide) groups is 1. The molecule has 3 heterocycles. The molecule has 6 nitrogen and oxygen atoms in total. The zero-order valence-corrected chi connectivity index (χ0v) is 19.8. The Morgan fingerprint density at radius 2 is 1.83 bits per heavy atom. The first-order valence-corrected chi connectivity index (χ1v) is 12.4. The number of morpholine rings is 1. The fourth-order valence-electron chi connectivity index (χ4n) is 4.10. The summed E-state index contributed by atoms with van der Waals surface area (Å²) in [4.78, 5) is 14.0. The normalized spacial score (nSPS) is 16.4. The molecule has 3 aromatic rings. The summed E-state index contributed by atoms with van der Waals surface area (Å²) in [6.07, 6.45) is -1.02. The van der Waals surface area contributed by atoms with Gasteiger partial charge < -0.3 is 14.4 Å². The Kier molecular flexibility index (Phi) is 7.12. The van der Waals surface area contributed by atoms with Gasteiger partial charge in [0.2, 0.25) is 0 Å². The van der Waals surface area contributed by atoms with Crippen LogP contribution in [0.25, 0.3) is 11.4 Å². The van der Waals surface area contributed by atoms with Crippen molar-refractivity contribution in [3.8, 4) is 17.1 Å². The van der Waals surface area contributed by atoms with Crippen LogP contribution >= 0.6 is 11.8 Å². The van der Waals surface area contributed by atoms with Crippen LogP contribution in [0, 0.1) is 0 Å². The van der Waals surface area contributed by atoms with Crippen LogP contribution in [-0.4, -0.2) is 60.2 Å². The van der Waals surface area contributed by atoms with Gasteiger partial charge in [-0.1, -0.05) is 18.2 Å². The molecule has 1 aromatic heterocycles. The predicted molar refractivity (Wildman–Crippen MR) is 129 cm³/mol. The summed E-state index contributed by atoms with van der Waals surface area (Å²) >= 11 is 1.54. The minimum absolute atomic E-state index is 0.498. The van der Waals surface area contributed by atoms with Crippen molar-refractivity contribution >= 4 is 17.4 Å². The molecule has 1 fully saturated rings. The van der Waals surface area contributed by atoms with E-state index in [0.29, 0.717) is 36.3 Å². The Hall–Kier alpha value is -2.82. The lowest BCUT2D eigenvalue weighted by atomic mass is 10.1. The Morgan fingerprint density at radius 3 is 2.60 bits per heavy atom. The van der Waals surface area contributed by atoms with Crippen molar-refractivity contribution in [2.24, 2.45) is 0 Å². The van der Waals surface area contributed by atoms with Crippen LogP contribution in [0.2, 0.25) is 0 Å². The van der Waals surface area contributed by atoms with Crippen molar-refractivity contribution in [3.63, 3.8) is 0 Å². The number of alkyl halides is 3. The zero-order chi connectivity index (χ0) is 24.3. The molecule has 0 N–H and O–H groups in total. The first-order chi connectivity index (χ1) is 17.0. The van der Waals surface area contributed by atoms with Crippen LogP contribution in [0.3, 0.4) is 0 Å². The standard InChI is InChI=1S/C25H25F3N4O2S/c26-25(27,28)20-4-5-23-22(13-20)32(17-35-23)16-18-2-1-3-19(12-18)24-29-14-21(15-30-24)34-11-8-31-6-9-33-10-7-31/h1-5,12-15H,6-11,16-17H2. The van der Waals surface area contributed by atoms with Gasteiger partial charge >= 0.3 is 6.18 Å². The number of rotatable bonds is 7. The van der Waals surface area contributed by atoms with Crippen LogP contribution in [0.15, 0.2) is 59.8 Å². The molecular formula is C25H25F3N4O2S. The molecule has 10 heteroatoms. The maximum Gasteiger partial charge on any atom is 0.416 e. The van der Waals surface area contributed by atoms with Gasteiger partial charge in [0.15, 0.2) is 11.6 Å². The molecule has 0 spiro atoms. The van der Waals surface area contributed by atoms with Crippen LogP contribution < -0.4 is 9.64 Å². The number of ether oxygens (including phenoxy) is 2. The maximum absolute atomic E-state index is 13.2. The number of aromatic nitrogens is 2. The van der Waals surface area contributed by atoms with Gasteiger partial charge in [0.1, 0.15) is 6.61 Å². The highest BCUT2D eigenvalue weighted by molar-refractivity contribution is 7.99. The zero-order valence-electron chi connectivity index (χ0n) is 19.0. The average molecular weight is 503 g/mol. The average Bonchev–Trinajstić information content (AvgIpc) is 3.27. The maximum atomic E-state index is 13.2. The molecule has 2 aliphatic rings. The quantitative estimate of drug-likeness (QED) is 0.454. The fraction of sp³-hybridized carbons (Fsp3) is 0.360. The van der Waals surface area contributed by atoms with Gasteiger partial charge in [-0.3, -0.25) is 4.90 Å².